The van der Waals surface area contributed by atoms with Crippen LogP contribution in [0.5, 0.6) is 0 Å². The Kier molecular flexibility index (Phi) is 3.49. The van der Waals surface area contributed by atoms with Gasteiger partial charge < -0.3 is 5.73 Å². The van der Waals surface area contributed by atoms with E-state index in [1.807, 2.05) is 18.3 Å². The quantitative estimate of drug-likeness (QED) is 0.886. The number of pyridine rings is 1. The van der Waals surface area contributed by atoms with Crippen molar-refractivity contribution in [3.05, 3.63) is 30.2 Å². The van der Waals surface area contributed by atoms with E-state index in [2.05, 4.69) is 15.2 Å². The Morgan fingerprint density at radius 2 is 2.11 bits per heavy atom. The Morgan fingerprint density at radius 3 is 2.84 bits per heavy atom. The van der Waals surface area contributed by atoms with Crippen molar-refractivity contribution in [3.63, 3.8) is 0 Å². The van der Waals surface area contributed by atoms with Crippen molar-refractivity contribution in [2.45, 2.75) is 38.5 Å². The highest BCUT2D eigenvalue weighted by Gasteiger charge is 2.19. The molecule has 1 saturated carbocycles. The summed E-state index contributed by atoms with van der Waals surface area (Å²) in [5, 5.41) is 7.30. The second kappa shape index (κ2) is 5.43. The van der Waals surface area contributed by atoms with Crippen LogP contribution in [0.2, 0.25) is 0 Å². The van der Waals surface area contributed by atoms with Gasteiger partial charge in [0, 0.05) is 29.2 Å². The molecule has 3 rings (SSSR count). The first kappa shape index (κ1) is 12.2. The highest BCUT2D eigenvalue weighted by atomic mass is 15.2. The molecule has 1 aliphatic rings. The summed E-state index contributed by atoms with van der Waals surface area (Å²) in [5.41, 5.74) is 9.27. The second-order valence-electron chi connectivity index (χ2n) is 5.41. The predicted octanol–water partition coefficient (Wildman–Crippen LogP) is 3.18. The zero-order valence-electron chi connectivity index (χ0n) is 11.1. The lowest BCUT2D eigenvalue weighted by Crippen LogP contribution is -2.10. The van der Waals surface area contributed by atoms with Crippen molar-refractivity contribution >= 4 is 5.82 Å². The van der Waals surface area contributed by atoms with Gasteiger partial charge in [-0.25, -0.2) is 0 Å². The van der Waals surface area contributed by atoms with Crippen LogP contribution in [0.25, 0.3) is 11.1 Å². The van der Waals surface area contributed by atoms with E-state index < -0.39 is 0 Å². The number of aromatic amines is 1. The molecule has 0 amide bonds. The maximum Gasteiger partial charge on any atom is 0.153 e. The van der Waals surface area contributed by atoms with E-state index in [0.29, 0.717) is 5.82 Å². The van der Waals surface area contributed by atoms with Gasteiger partial charge in [-0.05, 0) is 18.4 Å². The molecule has 0 unspecified atom stereocenters. The maximum atomic E-state index is 6.01. The molecule has 2 heterocycles. The number of aromatic nitrogens is 3. The fraction of sp³-hybridized carbons (Fsp3) is 0.467. The summed E-state index contributed by atoms with van der Waals surface area (Å²) in [6.07, 6.45) is 11.4. The van der Waals surface area contributed by atoms with E-state index in [4.69, 9.17) is 5.73 Å². The third-order valence-electron chi connectivity index (χ3n) is 4.04. The summed E-state index contributed by atoms with van der Waals surface area (Å²) in [7, 11) is 0. The molecule has 0 spiro atoms. The van der Waals surface area contributed by atoms with Crippen LogP contribution in [0.15, 0.2) is 24.5 Å². The number of nitrogen functional groups attached to an aromatic ring is 1. The molecule has 2 aromatic rings. The van der Waals surface area contributed by atoms with Crippen LogP contribution in [0.3, 0.4) is 0 Å². The van der Waals surface area contributed by atoms with Gasteiger partial charge in [-0.2, -0.15) is 5.10 Å². The Bertz CT molecular complexity index is 526. The Hall–Kier alpha value is -1.84. The van der Waals surface area contributed by atoms with Gasteiger partial charge in [0.2, 0.25) is 0 Å². The van der Waals surface area contributed by atoms with Gasteiger partial charge in [0.1, 0.15) is 0 Å². The van der Waals surface area contributed by atoms with Gasteiger partial charge in [-0.1, -0.05) is 38.2 Å². The lowest BCUT2D eigenvalue weighted by Gasteiger charge is -2.21. The van der Waals surface area contributed by atoms with Crippen molar-refractivity contribution in [2.24, 2.45) is 5.92 Å². The summed E-state index contributed by atoms with van der Waals surface area (Å²) < 4.78 is 0. The topological polar surface area (TPSA) is 67.6 Å². The minimum absolute atomic E-state index is 0.582. The van der Waals surface area contributed by atoms with Gasteiger partial charge in [0.25, 0.3) is 0 Å². The minimum Gasteiger partial charge on any atom is -0.382 e. The molecule has 1 aliphatic carbocycles. The van der Waals surface area contributed by atoms with Crippen LogP contribution in [0.1, 0.15) is 37.8 Å². The van der Waals surface area contributed by atoms with E-state index >= 15 is 0 Å². The smallest absolute Gasteiger partial charge is 0.153 e. The van der Waals surface area contributed by atoms with Gasteiger partial charge in [0.15, 0.2) is 5.82 Å². The maximum absolute atomic E-state index is 6.01. The van der Waals surface area contributed by atoms with Crippen LogP contribution >= 0.6 is 0 Å². The molecular weight excluding hydrogens is 236 g/mol. The average Bonchev–Trinajstić information content (AvgIpc) is 2.82. The summed E-state index contributed by atoms with van der Waals surface area (Å²) >= 11 is 0. The molecule has 3 N–H and O–H groups in total. The molecule has 2 aromatic heterocycles. The first-order chi connectivity index (χ1) is 9.34. The standard InChI is InChI=1S/C15H20N4/c16-15-14(12-7-4-8-17-10-12)13(18-19-15)9-11-5-2-1-3-6-11/h4,7-8,10-11H,1-3,5-6,9H2,(H3,16,18,19). The molecule has 0 aliphatic heterocycles. The number of nitrogens with two attached hydrogens (primary N) is 1. The Balaban J connectivity index is 1.86. The van der Waals surface area contributed by atoms with Crippen molar-refractivity contribution in [1.29, 1.82) is 0 Å². The monoisotopic (exact) mass is 256 g/mol. The van der Waals surface area contributed by atoms with Crippen molar-refractivity contribution < 1.29 is 0 Å². The summed E-state index contributed by atoms with van der Waals surface area (Å²) in [6, 6.07) is 3.98. The van der Waals surface area contributed by atoms with Gasteiger partial charge in [-0.3, -0.25) is 10.1 Å². The molecule has 1 fully saturated rings. The molecule has 100 valence electrons. The van der Waals surface area contributed by atoms with Crippen molar-refractivity contribution in [1.82, 2.24) is 15.2 Å². The zero-order valence-corrected chi connectivity index (χ0v) is 11.1. The SMILES string of the molecule is Nc1n[nH]c(CC2CCCCC2)c1-c1cccnc1. The summed E-state index contributed by atoms with van der Waals surface area (Å²) in [5.74, 6) is 1.35. The third-order valence-corrected chi connectivity index (χ3v) is 4.04. The predicted molar refractivity (Wildman–Crippen MR) is 76.5 cm³/mol. The van der Waals surface area contributed by atoms with Crippen LogP contribution in [0, 0.1) is 5.92 Å². The number of nitrogens with zero attached hydrogens (tertiary/aromatic N) is 2. The first-order valence-corrected chi connectivity index (χ1v) is 7.07. The van der Waals surface area contributed by atoms with Crippen molar-refractivity contribution in [2.75, 3.05) is 5.73 Å². The molecule has 0 saturated heterocycles. The molecule has 0 aromatic carbocycles. The molecule has 4 heteroatoms. The number of nitrogens with one attached hydrogen (secondary N) is 1. The van der Waals surface area contributed by atoms with E-state index in [1.54, 1.807) is 6.20 Å². The van der Waals surface area contributed by atoms with Crippen molar-refractivity contribution in [3.8, 4) is 11.1 Å². The largest absolute Gasteiger partial charge is 0.382 e. The number of hydrogen-bond acceptors (Lipinski definition) is 3. The molecule has 4 nitrogen and oxygen atoms in total. The number of hydrogen-bond donors (Lipinski definition) is 2. The van der Waals surface area contributed by atoms with E-state index in [9.17, 15) is 0 Å². The second-order valence-corrected chi connectivity index (χ2v) is 5.41. The molecule has 0 atom stereocenters. The van der Waals surface area contributed by atoms with Gasteiger partial charge >= 0.3 is 0 Å². The average molecular weight is 256 g/mol. The molecule has 0 radical (unpaired) electrons. The highest BCUT2D eigenvalue weighted by molar-refractivity contribution is 5.75. The molecule has 0 bridgehead atoms. The Labute approximate surface area is 113 Å². The Morgan fingerprint density at radius 1 is 1.26 bits per heavy atom. The lowest BCUT2D eigenvalue weighted by molar-refractivity contribution is 0.354. The van der Waals surface area contributed by atoms with E-state index in [0.717, 1.165) is 29.2 Å². The fourth-order valence-electron chi connectivity index (χ4n) is 3.05. The highest BCUT2D eigenvalue weighted by Crippen LogP contribution is 2.32. The van der Waals surface area contributed by atoms with E-state index in [1.165, 1.54) is 32.1 Å². The summed E-state index contributed by atoms with van der Waals surface area (Å²) in [6.45, 7) is 0. The first-order valence-electron chi connectivity index (χ1n) is 7.07. The number of rotatable bonds is 3. The lowest BCUT2D eigenvalue weighted by atomic mass is 9.85. The van der Waals surface area contributed by atoms with Crippen LogP contribution in [-0.2, 0) is 6.42 Å². The molecular formula is C15H20N4. The van der Waals surface area contributed by atoms with Crippen LogP contribution < -0.4 is 5.73 Å². The zero-order chi connectivity index (χ0) is 13.1. The normalized spacial score (nSPS) is 16.6. The van der Waals surface area contributed by atoms with Gasteiger partial charge in [0.05, 0.1) is 0 Å². The van der Waals surface area contributed by atoms with Gasteiger partial charge in [-0.15, -0.1) is 0 Å². The number of H-pyrrole nitrogens is 1. The fourth-order valence-corrected chi connectivity index (χ4v) is 3.05. The minimum atomic E-state index is 0.582. The van der Waals surface area contributed by atoms with E-state index in [-0.39, 0.29) is 0 Å². The third kappa shape index (κ3) is 2.62. The number of anilines is 1. The van der Waals surface area contributed by atoms with Crippen LogP contribution in [-0.4, -0.2) is 15.2 Å². The summed E-state index contributed by atoms with van der Waals surface area (Å²) in [4.78, 5) is 4.17. The van der Waals surface area contributed by atoms with Crippen LogP contribution in [0.4, 0.5) is 5.82 Å². The molecule has 19 heavy (non-hydrogen) atoms.